The van der Waals surface area contributed by atoms with Crippen molar-refractivity contribution in [3.8, 4) is 0 Å². The molecule has 1 unspecified atom stereocenters. The number of benzene rings is 1. The van der Waals surface area contributed by atoms with Crippen molar-refractivity contribution in [2.75, 3.05) is 16.8 Å². The molecule has 144 valence electrons. The van der Waals surface area contributed by atoms with Crippen LogP contribution in [0.5, 0.6) is 0 Å². The van der Waals surface area contributed by atoms with Gasteiger partial charge in [-0.2, -0.15) is 13.2 Å². The molecule has 1 aliphatic rings. The Bertz CT molecular complexity index is 790. The van der Waals surface area contributed by atoms with Gasteiger partial charge in [-0.05, 0) is 49.9 Å². The minimum atomic E-state index is -4.53. The van der Waals surface area contributed by atoms with Crippen LogP contribution >= 0.6 is 0 Å². The zero-order chi connectivity index (χ0) is 19.4. The summed E-state index contributed by atoms with van der Waals surface area (Å²) in [4.78, 5) is 19.0. The molecule has 3 rings (SSSR count). The van der Waals surface area contributed by atoms with Gasteiger partial charge in [-0.3, -0.25) is 4.79 Å². The third-order valence-electron chi connectivity index (χ3n) is 4.88. The van der Waals surface area contributed by atoms with Crippen molar-refractivity contribution in [3.63, 3.8) is 0 Å². The molecule has 1 fully saturated rings. The van der Waals surface area contributed by atoms with Gasteiger partial charge in [0.05, 0.1) is 16.8 Å². The second kappa shape index (κ2) is 7.98. The molecule has 1 aromatic heterocycles. The van der Waals surface area contributed by atoms with Gasteiger partial charge in [0, 0.05) is 18.8 Å². The summed E-state index contributed by atoms with van der Waals surface area (Å²) in [6.07, 6.45) is 1.34. The Morgan fingerprint density at radius 2 is 2.00 bits per heavy atom. The van der Waals surface area contributed by atoms with E-state index in [0.717, 1.165) is 37.7 Å². The first-order valence-electron chi connectivity index (χ1n) is 9.10. The first kappa shape index (κ1) is 19.2. The monoisotopic (exact) mass is 377 g/mol. The Balaban J connectivity index is 1.75. The number of pyridine rings is 1. The summed E-state index contributed by atoms with van der Waals surface area (Å²) >= 11 is 0. The maximum atomic E-state index is 13.1. The van der Waals surface area contributed by atoms with Crippen LogP contribution in [-0.2, 0) is 6.18 Å². The van der Waals surface area contributed by atoms with E-state index in [4.69, 9.17) is 0 Å². The summed E-state index contributed by atoms with van der Waals surface area (Å²) in [5.41, 5.74) is -0.913. The van der Waals surface area contributed by atoms with Crippen LogP contribution in [0.1, 0.15) is 48.5 Å². The highest BCUT2D eigenvalue weighted by atomic mass is 19.4. The lowest BCUT2D eigenvalue weighted by Gasteiger charge is -2.36. The van der Waals surface area contributed by atoms with Crippen LogP contribution in [0.2, 0.25) is 0 Å². The Labute approximate surface area is 156 Å². The molecule has 2 heterocycles. The van der Waals surface area contributed by atoms with Crippen molar-refractivity contribution in [1.29, 1.82) is 0 Å². The van der Waals surface area contributed by atoms with E-state index >= 15 is 0 Å². The molecule has 1 atom stereocenters. The molecular formula is C20H22F3N3O. The van der Waals surface area contributed by atoms with Crippen LogP contribution in [0.4, 0.5) is 24.7 Å². The molecule has 1 aromatic carbocycles. The van der Waals surface area contributed by atoms with Crippen LogP contribution in [0.25, 0.3) is 0 Å². The van der Waals surface area contributed by atoms with Crippen molar-refractivity contribution in [2.45, 2.75) is 44.8 Å². The van der Waals surface area contributed by atoms with E-state index in [2.05, 4.69) is 22.1 Å². The molecule has 7 heteroatoms. The van der Waals surface area contributed by atoms with Gasteiger partial charge in [0.1, 0.15) is 5.82 Å². The van der Waals surface area contributed by atoms with E-state index < -0.39 is 17.6 Å². The van der Waals surface area contributed by atoms with Crippen LogP contribution in [0, 0.1) is 0 Å². The summed E-state index contributed by atoms with van der Waals surface area (Å²) in [7, 11) is 0. The molecule has 1 amide bonds. The van der Waals surface area contributed by atoms with Gasteiger partial charge in [-0.15, -0.1) is 0 Å². The number of para-hydroxylation sites is 1. The predicted octanol–water partition coefficient (Wildman–Crippen LogP) is 5.12. The molecule has 1 saturated heterocycles. The van der Waals surface area contributed by atoms with E-state index in [0.29, 0.717) is 6.04 Å². The fraction of sp³-hybridized carbons (Fsp3) is 0.400. The largest absolute Gasteiger partial charge is 0.418 e. The van der Waals surface area contributed by atoms with Crippen molar-refractivity contribution in [2.24, 2.45) is 0 Å². The van der Waals surface area contributed by atoms with Crippen LogP contribution in [-0.4, -0.2) is 23.5 Å². The van der Waals surface area contributed by atoms with E-state index in [1.165, 1.54) is 30.8 Å². The van der Waals surface area contributed by atoms with E-state index in [1.54, 1.807) is 12.1 Å². The smallest absolute Gasteiger partial charge is 0.354 e. The lowest BCUT2D eigenvalue weighted by Crippen LogP contribution is -2.39. The molecule has 0 aliphatic carbocycles. The topological polar surface area (TPSA) is 45.2 Å². The Morgan fingerprint density at radius 3 is 2.67 bits per heavy atom. The number of nitrogens with zero attached hydrogens (tertiary/aromatic N) is 2. The van der Waals surface area contributed by atoms with Crippen LogP contribution < -0.4 is 10.2 Å². The highest BCUT2D eigenvalue weighted by Crippen LogP contribution is 2.34. The lowest BCUT2D eigenvalue weighted by molar-refractivity contribution is -0.136. The summed E-state index contributed by atoms with van der Waals surface area (Å²) in [6.45, 7) is 3.07. The third kappa shape index (κ3) is 4.40. The number of anilines is 2. The fourth-order valence-electron chi connectivity index (χ4n) is 3.45. The number of alkyl halides is 3. The summed E-state index contributed by atoms with van der Waals surface area (Å²) in [5.74, 6) is 0.185. The summed E-state index contributed by atoms with van der Waals surface area (Å²) in [6, 6.07) is 8.73. The second-order valence-electron chi connectivity index (χ2n) is 6.65. The molecule has 0 radical (unpaired) electrons. The lowest BCUT2D eigenvalue weighted by atomic mass is 10.00. The summed E-state index contributed by atoms with van der Waals surface area (Å²) in [5, 5.41) is 2.34. The van der Waals surface area contributed by atoms with Crippen molar-refractivity contribution in [1.82, 2.24) is 4.98 Å². The summed E-state index contributed by atoms with van der Waals surface area (Å²) < 4.78 is 39.2. The average Bonchev–Trinajstić information content (AvgIpc) is 2.67. The quantitative estimate of drug-likeness (QED) is 0.804. The van der Waals surface area contributed by atoms with Crippen molar-refractivity contribution >= 4 is 17.4 Å². The van der Waals surface area contributed by atoms with Crippen molar-refractivity contribution in [3.05, 3.63) is 53.7 Å². The number of carbonyl (C=O) groups excluding carboxylic acids is 1. The van der Waals surface area contributed by atoms with E-state index in [1.807, 2.05) is 0 Å². The second-order valence-corrected chi connectivity index (χ2v) is 6.65. The Morgan fingerprint density at radius 1 is 1.22 bits per heavy atom. The third-order valence-corrected chi connectivity index (χ3v) is 4.88. The first-order valence-corrected chi connectivity index (χ1v) is 9.10. The molecular weight excluding hydrogens is 355 g/mol. The standard InChI is InChI=1S/C20H22F3N3O/c1-2-15-7-5-6-12-26(15)18-11-10-14(13-24-18)19(27)25-17-9-4-3-8-16(17)20(21,22)23/h3-4,8-11,13,15H,2,5-7,12H2,1H3,(H,25,27). The molecule has 1 N–H and O–H groups in total. The molecule has 1 aliphatic heterocycles. The van der Waals surface area contributed by atoms with Gasteiger partial charge < -0.3 is 10.2 Å². The number of amides is 1. The minimum Gasteiger partial charge on any atom is -0.354 e. The maximum absolute atomic E-state index is 13.1. The molecule has 0 spiro atoms. The number of halogens is 3. The van der Waals surface area contributed by atoms with Crippen molar-refractivity contribution < 1.29 is 18.0 Å². The minimum absolute atomic E-state index is 0.223. The number of piperidine rings is 1. The fourth-order valence-corrected chi connectivity index (χ4v) is 3.45. The van der Waals surface area contributed by atoms with E-state index in [-0.39, 0.29) is 11.3 Å². The molecule has 2 aromatic rings. The van der Waals surface area contributed by atoms with Gasteiger partial charge in [0.25, 0.3) is 5.91 Å². The van der Waals surface area contributed by atoms with Crippen LogP contribution in [0.15, 0.2) is 42.6 Å². The number of aromatic nitrogens is 1. The first-order chi connectivity index (χ1) is 12.9. The highest BCUT2D eigenvalue weighted by molar-refractivity contribution is 6.04. The number of rotatable bonds is 4. The number of hydrogen-bond acceptors (Lipinski definition) is 3. The number of hydrogen-bond donors (Lipinski definition) is 1. The van der Waals surface area contributed by atoms with Gasteiger partial charge in [-0.1, -0.05) is 19.1 Å². The predicted molar refractivity (Wildman–Crippen MR) is 98.9 cm³/mol. The van der Waals surface area contributed by atoms with Gasteiger partial charge in [0.15, 0.2) is 0 Å². The zero-order valence-corrected chi connectivity index (χ0v) is 15.1. The molecule has 0 saturated carbocycles. The van der Waals surface area contributed by atoms with Gasteiger partial charge in [-0.25, -0.2) is 4.98 Å². The molecule has 0 bridgehead atoms. The molecule has 4 nitrogen and oxygen atoms in total. The highest BCUT2D eigenvalue weighted by Gasteiger charge is 2.33. The Kier molecular flexibility index (Phi) is 5.68. The average molecular weight is 377 g/mol. The maximum Gasteiger partial charge on any atom is 0.418 e. The van der Waals surface area contributed by atoms with Crippen LogP contribution in [0.3, 0.4) is 0 Å². The SMILES string of the molecule is CCC1CCCCN1c1ccc(C(=O)Nc2ccccc2C(F)(F)F)cn1. The Hall–Kier alpha value is -2.57. The van der Waals surface area contributed by atoms with Gasteiger partial charge >= 0.3 is 6.18 Å². The zero-order valence-electron chi connectivity index (χ0n) is 15.1. The number of nitrogens with one attached hydrogen (secondary N) is 1. The molecule has 27 heavy (non-hydrogen) atoms. The number of carbonyl (C=O) groups is 1. The normalized spacial score (nSPS) is 17.6. The van der Waals surface area contributed by atoms with Gasteiger partial charge in [0.2, 0.25) is 0 Å². The van der Waals surface area contributed by atoms with E-state index in [9.17, 15) is 18.0 Å².